The molecule has 0 aliphatic carbocycles. The average Bonchev–Trinajstić information content (AvgIpc) is 2.85. The highest BCUT2D eigenvalue weighted by molar-refractivity contribution is 14.1. The van der Waals surface area contributed by atoms with Crippen molar-refractivity contribution < 1.29 is 13.2 Å². The average molecular weight is 450 g/mol. The second-order valence-electron chi connectivity index (χ2n) is 5.41. The van der Waals surface area contributed by atoms with Crippen LogP contribution in [0.3, 0.4) is 0 Å². The maximum Gasteiger partial charge on any atom is 0.262 e. The van der Waals surface area contributed by atoms with Crippen molar-refractivity contribution in [3.05, 3.63) is 63.7 Å². The van der Waals surface area contributed by atoms with Crippen LogP contribution in [0.2, 0.25) is 0 Å². The molecule has 2 N–H and O–H groups in total. The normalized spacial score (nSPS) is 13.1. The molecule has 0 bridgehead atoms. The molecule has 1 heterocycles. The molecule has 4 rings (SSSR count). The zero-order chi connectivity index (χ0) is 16.9. The summed E-state index contributed by atoms with van der Waals surface area (Å²) in [7, 11) is -3.77. The van der Waals surface area contributed by atoms with Crippen molar-refractivity contribution in [3.8, 4) is 0 Å². The van der Waals surface area contributed by atoms with E-state index in [1.807, 2.05) is 6.07 Å². The van der Waals surface area contributed by atoms with Crippen molar-refractivity contribution in [2.24, 2.45) is 0 Å². The minimum atomic E-state index is -3.77. The second-order valence-corrected chi connectivity index (χ2v) is 8.31. The molecule has 0 saturated carbocycles. The lowest BCUT2D eigenvalue weighted by atomic mass is 10.1. The van der Waals surface area contributed by atoms with Gasteiger partial charge in [-0.15, -0.1) is 0 Å². The molecule has 1 amide bonds. The van der Waals surface area contributed by atoms with Crippen LogP contribution in [-0.4, -0.2) is 14.3 Å². The molecule has 0 spiro atoms. The van der Waals surface area contributed by atoms with Crippen molar-refractivity contribution in [2.75, 3.05) is 10.0 Å². The van der Waals surface area contributed by atoms with Gasteiger partial charge in [0.1, 0.15) is 0 Å². The number of hydrogen-bond acceptors (Lipinski definition) is 3. The summed E-state index contributed by atoms with van der Waals surface area (Å²) in [5.41, 5.74) is 1.63. The third kappa shape index (κ3) is 2.44. The number of halogens is 1. The maximum absolute atomic E-state index is 12.8. The number of benzene rings is 3. The van der Waals surface area contributed by atoms with Gasteiger partial charge < -0.3 is 5.32 Å². The van der Waals surface area contributed by atoms with Crippen molar-refractivity contribution >= 4 is 60.7 Å². The monoisotopic (exact) mass is 450 g/mol. The summed E-state index contributed by atoms with van der Waals surface area (Å²) in [4.78, 5) is 12.1. The molecule has 0 aromatic heterocycles. The van der Waals surface area contributed by atoms with Gasteiger partial charge in [-0.1, -0.05) is 18.2 Å². The summed E-state index contributed by atoms with van der Waals surface area (Å²) in [6, 6.07) is 15.4. The molecule has 0 unspecified atom stereocenters. The molecule has 24 heavy (non-hydrogen) atoms. The van der Waals surface area contributed by atoms with Gasteiger partial charge in [-0.2, -0.15) is 0 Å². The van der Waals surface area contributed by atoms with Gasteiger partial charge in [-0.25, -0.2) is 8.42 Å². The zero-order valence-corrected chi connectivity index (χ0v) is 15.2. The number of anilines is 2. The van der Waals surface area contributed by atoms with Crippen LogP contribution in [0, 0.1) is 3.57 Å². The van der Waals surface area contributed by atoms with Crippen LogP contribution in [0.1, 0.15) is 10.4 Å². The first-order valence-corrected chi connectivity index (χ1v) is 9.67. The van der Waals surface area contributed by atoms with Crippen LogP contribution in [0.4, 0.5) is 11.4 Å². The zero-order valence-electron chi connectivity index (χ0n) is 12.2. The first-order chi connectivity index (χ1) is 11.5. The molecular formula is C17H11IN2O3S. The van der Waals surface area contributed by atoms with Gasteiger partial charge in [0, 0.05) is 31.3 Å². The highest BCUT2D eigenvalue weighted by Crippen LogP contribution is 2.36. The lowest BCUT2D eigenvalue weighted by Crippen LogP contribution is -2.13. The molecule has 0 fully saturated rings. The van der Waals surface area contributed by atoms with E-state index in [1.165, 1.54) is 6.07 Å². The number of carbonyl (C=O) groups excluding carboxylic acids is 1. The molecule has 3 aromatic carbocycles. The maximum atomic E-state index is 12.8. The Hall–Kier alpha value is -2.13. The van der Waals surface area contributed by atoms with Gasteiger partial charge in [0.15, 0.2) is 0 Å². The lowest BCUT2D eigenvalue weighted by Gasteiger charge is -2.11. The number of carbonyl (C=O) groups is 1. The molecule has 1 aliphatic rings. The Morgan fingerprint density at radius 3 is 2.58 bits per heavy atom. The second kappa shape index (κ2) is 5.45. The van der Waals surface area contributed by atoms with E-state index in [0.29, 0.717) is 27.7 Å². The third-order valence-corrected chi connectivity index (χ3v) is 5.97. The summed E-state index contributed by atoms with van der Waals surface area (Å²) in [6.07, 6.45) is 0. The Balaban J connectivity index is 1.88. The lowest BCUT2D eigenvalue weighted by molar-refractivity contribution is 0.103. The van der Waals surface area contributed by atoms with Gasteiger partial charge in [-0.05, 0) is 59.0 Å². The van der Waals surface area contributed by atoms with E-state index in [4.69, 9.17) is 0 Å². The quantitative estimate of drug-likeness (QED) is 0.596. The van der Waals surface area contributed by atoms with Gasteiger partial charge in [0.05, 0.1) is 4.90 Å². The highest BCUT2D eigenvalue weighted by Gasteiger charge is 2.26. The largest absolute Gasteiger partial charge is 0.321 e. The van der Waals surface area contributed by atoms with E-state index < -0.39 is 10.0 Å². The van der Waals surface area contributed by atoms with E-state index >= 15 is 0 Å². The van der Waals surface area contributed by atoms with E-state index in [-0.39, 0.29) is 10.8 Å². The molecular weight excluding hydrogens is 439 g/mol. The fraction of sp³-hybridized carbons (Fsp3) is 0. The topological polar surface area (TPSA) is 75.3 Å². The Morgan fingerprint density at radius 2 is 1.79 bits per heavy atom. The van der Waals surface area contributed by atoms with E-state index in [9.17, 15) is 13.2 Å². The first-order valence-electron chi connectivity index (χ1n) is 7.11. The molecule has 3 aromatic rings. The molecule has 7 heteroatoms. The summed E-state index contributed by atoms with van der Waals surface area (Å²) < 4.78 is 29.2. The van der Waals surface area contributed by atoms with Gasteiger partial charge in [0.2, 0.25) is 0 Å². The summed E-state index contributed by atoms with van der Waals surface area (Å²) in [5, 5.41) is 3.93. The Labute approximate surface area is 152 Å². The molecule has 120 valence electrons. The fourth-order valence-corrected chi connectivity index (χ4v) is 4.66. The molecule has 1 aliphatic heterocycles. The summed E-state index contributed by atoms with van der Waals surface area (Å²) >= 11 is 2.12. The highest BCUT2D eigenvalue weighted by atomic mass is 127. The van der Waals surface area contributed by atoms with Crippen LogP contribution in [0.5, 0.6) is 0 Å². The van der Waals surface area contributed by atoms with E-state index in [0.717, 1.165) is 3.57 Å². The van der Waals surface area contributed by atoms with Crippen molar-refractivity contribution in [1.29, 1.82) is 0 Å². The van der Waals surface area contributed by atoms with E-state index in [2.05, 4.69) is 32.6 Å². The number of rotatable bonds is 3. The van der Waals surface area contributed by atoms with Gasteiger partial charge >= 0.3 is 0 Å². The minimum absolute atomic E-state index is 0.151. The van der Waals surface area contributed by atoms with Crippen LogP contribution in [0.15, 0.2) is 59.5 Å². The van der Waals surface area contributed by atoms with Gasteiger partial charge in [0.25, 0.3) is 15.9 Å². The number of hydrogen-bond donors (Lipinski definition) is 2. The van der Waals surface area contributed by atoms with Crippen molar-refractivity contribution in [2.45, 2.75) is 4.90 Å². The summed E-state index contributed by atoms with van der Waals surface area (Å²) in [5.74, 6) is -0.212. The summed E-state index contributed by atoms with van der Waals surface area (Å²) in [6.45, 7) is 0. The number of nitrogens with one attached hydrogen (secondary N) is 2. The Bertz CT molecular complexity index is 1110. The number of sulfonamides is 1. The van der Waals surface area contributed by atoms with Crippen molar-refractivity contribution in [3.63, 3.8) is 0 Å². The van der Waals surface area contributed by atoms with Crippen LogP contribution in [-0.2, 0) is 10.0 Å². The standard InChI is InChI=1S/C17H11IN2O3S/c18-10-3-1-4-11(9-10)20-24(22,23)15-8-7-14-16-12(15)5-2-6-13(16)17(21)19-14/h1-9,20H,(H,19,21). The van der Waals surface area contributed by atoms with Gasteiger partial charge in [-0.3, -0.25) is 9.52 Å². The molecule has 5 nitrogen and oxygen atoms in total. The minimum Gasteiger partial charge on any atom is -0.321 e. The van der Waals surface area contributed by atoms with Crippen LogP contribution in [0.25, 0.3) is 10.8 Å². The third-order valence-electron chi connectivity index (χ3n) is 3.86. The van der Waals surface area contributed by atoms with Crippen LogP contribution >= 0.6 is 22.6 Å². The fourth-order valence-electron chi connectivity index (χ4n) is 2.86. The Morgan fingerprint density at radius 1 is 1.00 bits per heavy atom. The first kappa shape index (κ1) is 15.4. The Kier molecular flexibility index (Phi) is 3.50. The molecule has 0 radical (unpaired) electrons. The molecule has 0 saturated heterocycles. The predicted octanol–water partition coefficient (Wildman–Crippen LogP) is 3.81. The van der Waals surface area contributed by atoms with Crippen LogP contribution < -0.4 is 10.0 Å². The molecule has 0 atom stereocenters. The smallest absolute Gasteiger partial charge is 0.262 e. The predicted molar refractivity (Wildman–Crippen MR) is 102 cm³/mol. The number of amides is 1. The van der Waals surface area contributed by atoms with Crippen molar-refractivity contribution in [1.82, 2.24) is 0 Å². The van der Waals surface area contributed by atoms with E-state index in [1.54, 1.807) is 42.5 Å². The SMILES string of the molecule is O=C1Nc2ccc(S(=O)(=O)Nc3cccc(I)c3)c3cccc1c23.